The standard InChI is InChI=1S/C13H13N3S/c1-8-4-3-5-10(11(8)7-14)6-12-9(2)16-13(15)17-12/h3-5H,6H2,1-2H3,(H2,15,16). The van der Waals surface area contributed by atoms with Gasteiger partial charge in [0.1, 0.15) is 0 Å². The molecule has 0 bridgehead atoms. The van der Waals surface area contributed by atoms with Crippen molar-refractivity contribution in [3.63, 3.8) is 0 Å². The molecule has 0 aliphatic rings. The lowest BCUT2D eigenvalue weighted by molar-refractivity contribution is 1.14. The lowest BCUT2D eigenvalue weighted by Crippen LogP contribution is -1.94. The number of nitrogen functional groups attached to an aromatic ring is 1. The predicted molar refractivity (Wildman–Crippen MR) is 70.0 cm³/mol. The van der Waals surface area contributed by atoms with E-state index in [0.29, 0.717) is 5.13 Å². The molecule has 0 unspecified atom stereocenters. The second-order valence-corrected chi connectivity index (χ2v) is 5.07. The molecule has 86 valence electrons. The number of rotatable bonds is 2. The van der Waals surface area contributed by atoms with Crippen molar-refractivity contribution in [2.45, 2.75) is 20.3 Å². The molecule has 2 N–H and O–H groups in total. The smallest absolute Gasteiger partial charge is 0.180 e. The van der Waals surface area contributed by atoms with Crippen molar-refractivity contribution in [2.75, 3.05) is 5.73 Å². The molecule has 0 amide bonds. The van der Waals surface area contributed by atoms with Crippen molar-refractivity contribution >= 4 is 16.5 Å². The van der Waals surface area contributed by atoms with Crippen molar-refractivity contribution in [1.82, 2.24) is 4.98 Å². The first kappa shape index (κ1) is 11.6. The van der Waals surface area contributed by atoms with Crippen LogP contribution < -0.4 is 5.73 Å². The summed E-state index contributed by atoms with van der Waals surface area (Å²) in [6, 6.07) is 8.18. The van der Waals surface area contributed by atoms with Crippen molar-refractivity contribution in [2.24, 2.45) is 0 Å². The molecule has 0 saturated heterocycles. The second kappa shape index (κ2) is 4.56. The molecule has 0 saturated carbocycles. The van der Waals surface area contributed by atoms with Gasteiger partial charge < -0.3 is 5.73 Å². The van der Waals surface area contributed by atoms with E-state index in [0.717, 1.165) is 33.7 Å². The average molecular weight is 243 g/mol. The highest BCUT2D eigenvalue weighted by molar-refractivity contribution is 7.15. The van der Waals surface area contributed by atoms with Crippen LogP contribution in [0.1, 0.15) is 27.3 Å². The number of hydrogen-bond acceptors (Lipinski definition) is 4. The molecule has 0 spiro atoms. The van der Waals surface area contributed by atoms with Gasteiger partial charge in [-0.3, -0.25) is 0 Å². The molecular formula is C13H13N3S. The van der Waals surface area contributed by atoms with Gasteiger partial charge in [-0.05, 0) is 25.0 Å². The zero-order chi connectivity index (χ0) is 12.4. The fraction of sp³-hybridized carbons (Fsp3) is 0.231. The summed E-state index contributed by atoms with van der Waals surface area (Å²) in [7, 11) is 0. The van der Waals surface area contributed by atoms with Gasteiger partial charge in [-0.1, -0.05) is 18.2 Å². The van der Waals surface area contributed by atoms with E-state index in [1.165, 1.54) is 11.3 Å². The maximum absolute atomic E-state index is 9.16. The molecule has 17 heavy (non-hydrogen) atoms. The minimum Gasteiger partial charge on any atom is -0.375 e. The van der Waals surface area contributed by atoms with Gasteiger partial charge in [0.05, 0.1) is 17.3 Å². The summed E-state index contributed by atoms with van der Waals surface area (Å²) in [6.07, 6.45) is 0.727. The highest BCUT2D eigenvalue weighted by atomic mass is 32.1. The molecule has 3 nitrogen and oxygen atoms in total. The Balaban J connectivity index is 2.40. The van der Waals surface area contributed by atoms with Crippen LogP contribution in [-0.2, 0) is 6.42 Å². The number of nitriles is 1. The molecule has 1 aromatic carbocycles. The Labute approximate surface area is 105 Å². The van der Waals surface area contributed by atoms with Gasteiger partial charge in [-0.15, -0.1) is 11.3 Å². The lowest BCUT2D eigenvalue weighted by Gasteiger charge is -2.05. The number of aromatic nitrogens is 1. The van der Waals surface area contributed by atoms with E-state index >= 15 is 0 Å². The number of hydrogen-bond donors (Lipinski definition) is 1. The molecule has 1 heterocycles. The van der Waals surface area contributed by atoms with E-state index in [2.05, 4.69) is 11.1 Å². The zero-order valence-electron chi connectivity index (χ0n) is 9.82. The first-order valence-electron chi connectivity index (χ1n) is 5.32. The van der Waals surface area contributed by atoms with E-state index in [-0.39, 0.29) is 0 Å². The molecule has 2 aromatic rings. The monoisotopic (exact) mass is 243 g/mol. The minimum absolute atomic E-state index is 0.587. The Hall–Kier alpha value is -1.86. The van der Waals surface area contributed by atoms with Gasteiger partial charge in [-0.25, -0.2) is 4.98 Å². The van der Waals surface area contributed by atoms with Crippen LogP contribution in [0.25, 0.3) is 0 Å². The first-order valence-corrected chi connectivity index (χ1v) is 6.14. The summed E-state index contributed by atoms with van der Waals surface area (Å²) in [6.45, 7) is 3.90. The molecule has 0 radical (unpaired) electrons. The maximum atomic E-state index is 9.16. The van der Waals surface area contributed by atoms with Gasteiger partial charge in [0, 0.05) is 11.3 Å². The summed E-state index contributed by atoms with van der Waals surface area (Å²) in [5.41, 5.74) is 9.45. The van der Waals surface area contributed by atoms with Crippen LogP contribution in [-0.4, -0.2) is 4.98 Å². The largest absolute Gasteiger partial charge is 0.375 e. The van der Waals surface area contributed by atoms with E-state index in [9.17, 15) is 0 Å². The van der Waals surface area contributed by atoms with E-state index in [4.69, 9.17) is 11.0 Å². The third-order valence-corrected chi connectivity index (χ3v) is 3.72. The van der Waals surface area contributed by atoms with Crippen LogP contribution in [0, 0.1) is 25.2 Å². The molecule has 2 rings (SSSR count). The summed E-state index contributed by atoms with van der Waals surface area (Å²) in [5, 5.41) is 9.75. The van der Waals surface area contributed by atoms with Crippen LogP contribution in [0.2, 0.25) is 0 Å². The van der Waals surface area contributed by atoms with Gasteiger partial charge >= 0.3 is 0 Å². The fourth-order valence-corrected chi connectivity index (χ4v) is 2.68. The summed E-state index contributed by atoms with van der Waals surface area (Å²) < 4.78 is 0. The third-order valence-electron chi connectivity index (χ3n) is 2.73. The number of benzene rings is 1. The average Bonchev–Trinajstić information content (AvgIpc) is 2.58. The lowest BCUT2D eigenvalue weighted by atomic mass is 10.00. The highest BCUT2D eigenvalue weighted by Crippen LogP contribution is 2.25. The van der Waals surface area contributed by atoms with Crippen molar-refractivity contribution in [3.05, 3.63) is 45.5 Å². The van der Waals surface area contributed by atoms with Gasteiger partial charge in [0.25, 0.3) is 0 Å². The normalized spacial score (nSPS) is 10.2. The van der Waals surface area contributed by atoms with Crippen LogP contribution in [0.15, 0.2) is 18.2 Å². The number of aryl methyl sites for hydroxylation is 2. The van der Waals surface area contributed by atoms with E-state index in [1.54, 1.807) is 0 Å². The first-order chi connectivity index (χ1) is 8.11. The molecular weight excluding hydrogens is 230 g/mol. The maximum Gasteiger partial charge on any atom is 0.180 e. The molecule has 0 aliphatic heterocycles. The van der Waals surface area contributed by atoms with Gasteiger partial charge in [0.2, 0.25) is 0 Å². The van der Waals surface area contributed by atoms with Crippen molar-refractivity contribution in [3.8, 4) is 6.07 Å². The Morgan fingerprint density at radius 2 is 2.18 bits per heavy atom. The van der Waals surface area contributed by atoms with Crippen LogP contribution in [0.5, 0.6) is 0 Å². The molecule has 0 fully saturated rings. The van der Waals surface area contributed by atoms with Gasteiger partial charge in [0.15, 0.2) is 5.13 Å². The van der Waals surface area contributed by atoms with Crippen molar-refractivity contribution < 1.29 is 0 Å². The number of thiazole rings is 1. The molecule has 0 aliphatic carbocycles. The Kier molecular flexibility index (Phi) is 3.12. The second-order valence-electron chi connectivity index (χ2n) is 3.96. The van der Waals surface area contributed by atoms with Crippen LogP contribution in [0.3, 0.4) is 0 Å². The summed E-state index contributed by atoms with van der Waals surface area (Å²) in [5.74, 6) is 0. The van der Waals surface area contributed by atoms with E-state index in [1.807, 2.05) is 32.0 Å². The summed E-state index contributed by atoms with van der Waals surface area (Å²) >= 11 is 1.49. The summed E-state index contributed by atoms with van der Waals surface area (Å²) in [4.78, 5) is 5.33. The Morgan fingerprint density at radius 1 is 1.41 bits per heavy atom. The van der Waals surface area contributed by atoms with Gasteiger partial charge in [-0.2, -0.15) is 5.26 Å². The van der Waals surface area contributed by atoms with Crippen LogP contribution in [0.4, 0.5) is 5.13 Å². The highest BCUT2D eigenvalue weighted by Gasteiger charge is 2.10. The predicted octanol–water partition coefficient (Wildman–Crippen LogP) is 2.80. The van der Waals surface area contributed by atoms with Crippen LogP contribution >= 0.6 is 11.3 Å². The number of anilines is 1. The molecule has 0 atom stereocenters. The molecule has 1 aromatic heterocycles. The minimum atomic E-state index is 0.587. The third kappa shape index (κ3) is 2.29. The SMILES string of the molecule is Cc1cccc(Cc2sc(N)nc2C)c1C#N. The number of nitrogens with zero attached hydrogens (tertiary/aromatic N) is 2. The topological polar surface area (TPSA) is 62.7 Å². The quantitative estimate of drug-likeness (QED) is 0.882. The molecule has 4 heteroatoms. The Bertz CT molecular complexity index is 593. The zero-order valence-corrected chi connectivity index (χ0v) is 10.6. The fourth-order valence-electron chi connectivity index (χ4n) is 1.82. The van der Waals surface area contributed by atoms with Crippen molar-refractivity contribution in [1.29, 1.82) is 5.26 Å². The Morgan fingerprint density at radius 3 is 2.76 bits per heavy atom. The van der Waals surface area contributed by atoms with E-state index < -0.39 is 0 Å². The number of nitrogens with two attached hydrogens (primary N) is 1.